The Hall–Kier alpha value is -3.36. The Morgan fingerprint density at radius 3 is 2.13 bits per heavy atom. The van der Waals surface area contributed by atoms with E-state index in [1.165, 1.54) is 33.4 Å². The maximum atomic E-state index is 6.63. The molecule has 0 saturated carbocycles. The quantitative estimate of drug-likeness (QED) is 0.302. The van der Waals surface area contributed by atoms with E-state index in [4.69, 9.17) is 5.84 Å². The van der Waals surface area contributed by atoms with Crippen LogP contribution in [0.25, 0.3) is 22.3 Å². The van der Waals surface area contributed by atoms with Crippen LogP contribution in [0.15, 0.2) is 91.0 Å². The fourth-order valence-corrected chi connectivity index (χ4v) is 4.72. The first-order chi connectivity index (χ1) is 14.5. The summed E-state index contributed by atoms with van der Waals surface area (Å²) in [4.78, 5) is 0. The zero-order chi connectivity index (χ0) is 20.9. The Bertz CT molecular complexity index is 1240. The molecule has 2 heteroatoms. The van der Waals surface area contributed by atoms with E-state index in [1.807, 2.05) is 11.1 Å². The molecule has 0 radical (unpaired) electrons. The number of anilines is 2. The smallest absolute Gasteiger partial charge is 0.0604 e. The van der Waals surface area contributed by atoms with Crippen molar-refractivity contribution >= 4 is 11.4 Å². The van der Waals surface area contributed by atoms with Crippen LogP contribution in [0.2, 0.25) is 0 Å². The summed E-state index contributed by atoms with van der Waals surface area (Å²) in [5.74, 6) is 6.63. The van der Waals surface area contributed by atoms with Crippen LogP contribution in [-0.4, -0.2) is 0 Å². The molecule has 5 rings (SSSR count). The number of rotatable bonds is 3. The highest BCUT2D eigenvalue weighted by atomic mass is 15.4. The summed E-state index contributed by atoms with van der Waals surface area (Å²) in [7, 11) is 0. The minimum absolute atomic E-state index is 0.0327. The summed E-state index contributed by atoms with van der Waals surface area (Å²) in [5.41, 5.74) is 10.9. The number of benzene rings is 4. The molecule has 0 atom stereocenters. The van der Waals surface area contributed by atoms with E-state index in [0.717, 1.165) is 16.9 Å². The lowest BCUT2D eigenvalue weighted by atomic mass is 9.82. The zero-order valence-corrected chi connectivity index (χ0v) is 17.7. The van der Waals surface area contributed by atoms with Gasteiger partial charge in [-0.25, -0.2) is 5.84 Å². The van der Waals surface area contributed by atoms with Crippen molar-refractivity contribution in [2.75, 3.05) is 5.01 Å². The Morgan fingerprint density at radius 1 is 0.667 bits per heavy atom. The molecular weight excluding hydrogens is 364 g/mol. The van der Waals surface area contributed by atoms with Crippen LogP contribution >= 0.6 is 0 Å². The van der Waals surface area contributed by atoms with E-state index < -0.39 is 0 Å². The van der Waals surface area contributed by atoms with Gasteiger partial charge >= 0.3 is 0 Å². The lowest BCUT2D eigenvalue weighted by Gasteiger charge is -2.25. The standard InChI is InChI=1S/C28H26N2/c1-19-17-21(20-9-5-4-6-10-20)13-16-27(19)30(29)22-14-15-24-23-11-7-8-12-25(23)28(2,3)26(24)18-22/h4-18H,29H2,1-3H3. The minimum Gasteiger partial charge on any atom is -0.279 e. The Morgan fingerprint density at radius 2 is 1.37 bits per heavy atom. The van der Waals surface area contributed by atoms with Crippen molar-refractivity contribution < 1.29 is 0 Å². The van der Waals surface area contributed by atoms with Crippen LogP contribution in [0.1, 0.15) is 30.5 Å². The van der Waals surface area contributed by atoms with Crippen LogP contribution in [0, 0.1) is 6.92 Å². The summed E-state index contributed by atoms with van der Waals surface area (Å²) in [6.45, 7) is 6.71. The Balaban J connectivity index is 1.53. The number of hydrogen-bond donors (Lipinski definition) is 1. The molecule has 0 aliphatic heterocycles. The van der Waals surface area contributed by atoms with Gasteiger partial charge in [-0.3, -0.25) is 5.01 Å². The summed E-state index contributed by atoms with van der Waals surface area (Å²) < 4.78 is 0. The van der Waals surface area contributed by atoms with Crippen LogP contribution in [0.4, 0.5) is 11.4 Å². The molecule has 2 N–H and O–H groups in total. The largest absolute Gasteiger partial charge is 0.279 e. The first-order valence-corrected chi connectivity index (χ1v) is 10.4. The van der Waals surface area contributed by atoms with Gasteiger partial charge in [0.2, 0.25) is 0 Å². The van der Waals surface area contributed by atoms with Crippen LogP contribution in [0.3, 0.4) is 0 Å². The van der Waals surface area contributed by atoms with Gasteiger partial charge < -0.3 is 0 Å². The van der Waals surface area contributed by atoms with E-state index in [9.17, 15) is 0 Å². The van der Waals surface area contributed by atoms with E-state index >= 15 is 0 Å². The van der Waals surface area contributed by atoms with Gasteiger partial charge in [-0.15, -0.1) is 0 Å². The van der Waals surface area contributed by atoms with Crippen molar-refractivity contribution in [3.8, 4) is 22.3 Å². The highest BCUT2D eigenvalue weighted by molar-refractivity contribution is 5.83. The maximum absolute atomic E-state index is 6.63. The average molecular weight is 391 g/mol. The normalized spacial score (nSPS) is 13.6. The van der Waals surface area contributed by atoms with Crippen LogP contribution in [-0.2, 0) is 5.41 Å². The minimum atomic E-state index is -0.0327. The summed E-state index contributed by atoms with van der Waals surface area (Å²) in [6, 6.07) is 32.2. The van der Waals surface area contributed by atoms with Gasteiger partial charge in [-0.1, -0.05) is 80.6 Å². The second-order valence-electron chi connectivity index (χ2n) is 8.64. The van der Waals surface area contributed by atoms with Gasteiger partial charge in [0.05, 0.1) is 11.4 Å². The highest BCUT2D eigenvalue weighted by Gasteiger charge is 2.35. The molecule has 0 unspecified atom stereocenters. The summed E-state index contributed by atoms with van der Waals surface area (Å²) in [5, 5.41) is 1.81. The Labute approximate surface area is 178 Å². The number of fused-ring (bicyclic) bond motifs is 3. The molecule has 2 nitrogen and oxygen atoms in total. The highest BCUT2D eigenvalue weighted by Crippen LogP contribution is 2.49. The van der Waals surface area contributed by atoms with Gasteiger partial charge in [-0.2, -0.15) is 0 Å². The lowest BCUT2D eigenvalue weighted by molar-refractivity contribution is 0.660. The number of aryl methyl sites for hydroxylation is 1. The van der Waals surface area contributed by atoms with Crippen molar-refractivity contribution in [3.63, 3.8) is 0 Å². The van der Waals surface area contributed by atoms with E-state index in [-0.39, 0.29) is 5.41 Å². The molecule has 4 aromatic rings. The molecule has 0 spiro atoms. The first-order valence-electron chi connectivity index (χ1n) is 10.4. The summed E-state index contributed by atoms with van der Waals surface area (Å²) >= 11 is 0. The maximum Gasteiger partial charge on any atom is 0.0604 e. The number of nitrogens with zero attached hydrogens (tertiary/aromatic N) is 1. The molecule has 0 amide bonds. The molecule has 30 heavy (non-hydrogen) atoms. The molecule has 0 fully saturated rings. The van der Waals surface area contributed by atoms with E-state index in [0.29, 0.717) is 0 Å². The van der Waals surface area contributed by atoms with Crippen molar-refractivity contribution in [1.82, 2.24) is 0 Å². The molecule has 1 aliphatic carbocycles. The third-order valence-corrected chi connectivity index (χ3v) is 6.41. The first kappa shape index (κ1) is 18.7. The molecular formula is C28H26N2. The molecule has 0 heterocycles. The number of hydrazine groups is 1. The molecule has 0 aromatic heterocycles. The van der Waals surface area contributed by atoms with Gasteiger partial charge in [0.15, 0.2) is 0 Å². The van der Waals surface area contributed by atoms with Crippen molar-refractivity contribution in [1.29, 1.82) is 0 Å². The molecule has 0 bridgehead atoms. The van der Waals surface area contributed by atoms with E-state index in [1.54, 1.807) is 0 Å². The van der Waals surface area contributed by atoms with Gasteiger partial charge in [-0.05, 0) is 70.1 Å². The average Bonchev–Trinajstić information content (AvgIpc) is 3.01. The van der Waals surface area contributed by atoms with Crippen molar-refractivity contribution in [2.24, 2.45) is 5.84 Å². The van der Waals surface area contributed by atoms with Crippen LogP contribution in [0.5, 0.6) is 0 Å². The zero-order valence-electron chi connectivity index (χ0n) is 17.7. The van der Waals surface area contributed by atoms with Crippen molar-refractivity contribution in [2.45, 2.75) is 26.2 Å². The molecule has 4 aromatic carbocycles. The Kier molecular flexibility index (Phi) is 4.27. The lowest BCUT2D eigenvalue weighted by Crippen LogP contribution is -2.26. The fraction of sp³-hybridized carbons (Fsp3) is 0.143. The van der Waals surface area contributed by atoms with E-state index in [2.05, 4.69) is 106 Å². The third-order valence-electron chi connectivity index (χ3n) is 6.41. The van der Waals surface area contributed by atoms with Gasteiger partial charge in [0.25, 0.3) is 0 Å². The number of hydrogen-bond acceptors (Lipinski definition) is 2. The predicted octanol–water partition coefficient (Wildman–Crippen LogP) is 6.98. The molecule has 0 saturated heterocycles. The third kappa shape index (κ3) is 2.84. The van der Waals surface area contributed by atoms with Crippen LogP contribution < -0.4 is 10.9 Å². The van der Waals surface area contributed by atoms with Gasteiger partial charge in [0.1, 0.15) is 0 Å². The predicted molar refractivity (Wildman–Crippen MR) is 127 cm³/mol. The monoisotopic (exact) mass is 390 g/mol. The molecule has 1 aliphatic rings. The molecule has 148 valence electrons. The SMILES string of the molecule is Cc1cc(-c2ccccc2)ccc1N(N)c1ccc2c(c1)C(C)(C)c1ccccc1-2. The van der Waals surface area contributed by atoms with Gasteiger partial charge in [0, 0.05) is 5.41 Å². The summed E-state index contributed by atoms with van der Waals surface area (Å²) in [6.07, 6.45) is 0. The topological polar surface area (TPSA) is 29.3 Å². The van der Waals surface area contributed by atoms with Crippen molar-refractivity contribution in [3.05, 3.63) is 108 Å². The fourth-order valence-electron chi connectivity index (χ4n) is 4.72. The second kappa shape index (κ2) is 6.86. The number of nitrogens with two attached hydrogens (primary N) is 1. The second-order valence-corrected chi connectivity index (χ2v) is 8.64.